The molecule has 0 saturated carbocycles. The van der Waals surface area contributed by atoms with E-state index in [0.717, 1.165) is 53.5 Å². The number of rotatable bonds is 2. The quantitative estimate of drug-likeness (QED) is 0.598. The molecule has 2 aromatic heterocycles. The molecule has 4 aromatic rings. The van der Waals surface area contributed by atoms with Crippen LogP contribution in [-0.4, -0.2) is 32.4 Å². The van der Waals surface area contributed by atoms with E-state index >= 15 is 0 Å². The first-order valence-corrected chi connectivity index (χ1v) is 9.34. The van der Waals surface area contributed by atoms with Gasteiger partial charge >= 0.3 is 0 Å². The predicted octanol–water partition coefficient (Wildman–Crippen LogP) is 2.87. The first kappa shape index (κ1) is 16.2. The van der Waals surface area contributed by atoms with Gasteiger partial charge in [-0.05, 0) is 61.3 Å². The monoisotopic (exact) mass is 359 g/mol. The molecule has 3 heterocycles. The summed E-state index contributed by atoms with van der Waals surface area (Å²) in [7, 11) is 1.92. The second kappa shape index (κ2) is 6.32. The summed E-state index contributed by atoms with van der Waals surface area (Å²) >= 11 is 0. The predicted molar refractivity (Wildman–Crippen MR) is 107 cm³/mol. The highest BCUT2D eigenvalue weighted by Gasteiger charge is 2.17. The lowest BCUT2D eigenvalue weighted by molar-refractivity contribution is 0.359. The van der Waals surface area contributed by atoms with Crippen LogP contribution >= 0.6 is 0 Å². The van der Waals surface area contributed by atoms with Crippen molar-refractivity contribution in [2.75, 3.05) is 13.1 Å². The minimum Gasteiger partial charge on any atom is -0.317 e. The van der Waals surface area contributed by atoms with E-state index in [1.807, 2.05) is 46.8 Å². The summed E-state index contributed by atoms with van der Waals surface area (Å²) in [6.07, 6.45) is 5.64. The van der Waals surface area contributed by atoms with Gasteiger partial charge in [-0.25, -0.2) is 4.98 Å². The van der Waals surface area contributed by atoms with E-state index in [9.17, 15) is 4.79 Å². The van der Waals surface area contributed by atoms with Crippen LogP contribution in [0.4, 0.5) is 0 Å². The van der Waals surface area contributed by atoms with Gasteiger partial charge in [0.2, 0.25) is 0 Å². The molecule has 2 aromatic carbocycles. The summed E-state index contributed by atoms with van der Waals surface area (Å²) in [5.41, 5.74) is 3.87. The van der Waals surface area contributed by atoms with Crippen molar-refractivity contribution in [1.82, 2.24) is 24.6 Å². The van der Waals surface area contributed by atoms with Gasteiger partial charge < -0.3 is 5.32 Å². The molecule has 0 atom stereocenters. The molecule has 0 spiro atoms. The van der Waals surface area contributed by atoms with E-state index in [1.54, 1.807) is 6.33 Å². The van der Waals surface area contributed by atoms with Crippen molar-refractivity contribution in [1.29, 1.82) is 0 Å². The average Bonchev–Trinajstić information content (AvgIpc) is 3.08. The smallest absolute Gasteiger partial charge is 0.261 e. The Labute approximate surface area is 156 Å². The number of hydrogen-bond donors (Lipinski definition) is 1. The van der Waals surface area contributed by atoms with Gasteiger partial charge in [0, 0.05) is 24.7 Å². The Hall–Kier alpha value is -2.99. The first-order chi connectivity index (χ1) is 13.2. The zero-order valence-corrected chi connectivity index (χ0v) is 15.2. The summed E-state index contributed by atoms with van der Waals surface area (Å²) in [6.45, 7) is 1.89. The zero-order chi connectivity index (χ0) is 18.4. The molecule has 0 radical (unpaired) electrons. The minimum absolute atomic E-state index is 0.0520. The van der Waals surface area contributed by atoms with Gasteiger partial charge in [0.25, 0.3) is 5.56 Å². The van der Waals surface area contributed by atoms with E-state index in [-0.39, 0.29) is 11.6 Å². The molecule has 1 N–H and O–H groups in total. The van der Waals surface area contributed by atoms with Crippen LogP contribution in [-0.2, 0) is 7.05 Å². The topological polar surface area (TPSA) is 64.7 Å². The normalized spacial score (nSPS) is 15.6. The fourth-order valence-electron chi connectivity index (χ4n) is 3.99. The molecule has 1 fully saturated rings. The standard InChI is InChI=1S/C21H21N5O/c1-25-12-16-10-14(2-4-19(16)24-25)15-3-5-20-18(11-15)21(27)26(13-23-20)17-6-8-22-9-7-17/h2-5,10-13,17,22H,6-9H2,1H3. The Balaban J connectivity index is 1.62. The maximum Gasteiger partial charge on any atom is 0.261 e. The van der Waals surface area contributed by atoms with E-state index in [1.165, 1.54) is 0 Å². The molecule has 6 nitrogen and oxygen atoms in total. The highest BCUT2D eigenvalue weighted by atomic mass is 16.1. The molecular weight excluding hydrogens is 338 g/mol. The Morgan fingerprint density at radius 1 is 1.04 bits per heavy atom. The summed E-state index contributed by atoms with van der Waals surface area (Å²) in [6, 6.07) is 12.4. The van der Waals surface area contributed by atoms with Crippen molar-refractivity contribution in [3.63, 3.8) is 0 Å². The van der Waals surface area contributed by atoms with Gasteiger partial charge in [0.05, 0.1) is 22.7 Å². The third-order valence-corrected chi connectivity index (χ3v) is 5.44. The molecule has 1 aliphatic heterocycles. The SMILES string of the molecule is Cn1cc2cc(-c3ccc4ncn(C5CCNCC5)c(=O)c4c3)ccc2n1. The largest absolute Gasteiger partial charge is 0.317 e. The zero-order valence-electron chi connectivity index (χ0n) is 15.2. The van der Waals surface area contributed by atoms with Gasteiger partial charge in [0.1, 0.15) is 0 Å². The van der Waals surface area contributed by atoms with Crippen molar-refractivity contribution in [2.24, 2.45) is 7.05 Å². The number of aromatic nitrogens is 4. The maximum absolute atomic E-state index is 13.1. The van der Waals surface area contributed by atoms with Gasteiger partial charge in [-0.1, -0.05) is 12.1 Å². The van der Waals surface area contributed by atoms with Gasteiger partial charge in [0.15, 0.2) is 0 Å². The lowest BCUT2D eigenvalue weighted by Crippen LogP contribution is -2.34. The number of hydrogen-bond acceptors (Lipinski definition) is 4. The van der Waals surface area contributed by atoms with Crippen molar-refractivity contribution in [2.45, 2.75) is 18.9 Å². The van der Waals surface area contributed by atoms with Crippen LogP contribution in [0.1, 0.15) is 18.9 Å². The molecule has 5 rings (SSSR count). The lowest BCUT2D eigenvalue weighted by atomic mass is 10.0. The second-order valence-corrected chi connectivity index (χ2v) is 7.25. The molecule has 0 amide bonds. The van der Waals surface area contributed by atoms with E-state index < -0.39 is 0 Å². The number of fused-ring (bicyclic) bond motifs is 2. The Bertz CT molecular complexity index is 1200. The second-order valence-electron chi connectivity index (χ2n) is 7.25. The van der Waals surface area contributed by atoms with Crippen molar-refractivity contribution in [3.8, 4) is 11.1 Å². The summed E-state index contributed by atoms with van der Waals surface area (Å²) in [5.74, 6) is 0. The third kappa shape index (κ3) is 2.82. The molecular formula is C21H21N5O. The van der Waals surface area contributed by atoms with E-state index in [4.69, 9.17) is 0 Å². The molecule has 6 heteroatoms. The highest BCUT2D eigenvalue weighted by molar-refractivity contribution is 5.88. The van der Waals surface area contributed by atoms with Crippen LogP contribution < -0.4 is 10.9 Å². The number of benzene rings is 2. The average molecular weight is 359 g/mol. The molecule has 27 heavy (non-hydrogen) atoms. The van der Waals surface area contributed by atoms with Crippen LogP contribution in [0.2, 0.25) is 0 Å². The fourth-order valence-corrected chi connectivity index (χ4v) is 3.99. The summed E-state index contributed by atoms with van der Waals surface area (Å²) < 4.78 is 3.63. The summed E-state index contributed by atoms with van der Waals surface area (Å²) in [4.78, 5) is 17.7. The van der Waals surface area contributed by atoms with Crippen LogP contribution in [0.15, 0.2) is 53.7 Å². The summed E-state index contributed by atoms with van der Waals surface area (Å²) in [5, 5.41) is 9.54. The number of aryl methyl sites for hydroxylation is 1. The number of nitrogens with zero attached hydrogens (tertiary/aromatic N) is 4. The molecule has 1 saturated heterocycles. The lowest BCUT2D eigenvalue weighted by Gasteiger charge is -2.24. The highest BCUT2D eigenvalue weighted by Crippen LogP contribution is 2.26. The van der Waals surface area contributed by atoms with Gasteiger partial charge in [-0.3, -0.25) is 14.0 Å². The van der Waals surface area contributed by atoms with Crippen LogP contribution in [0.25, 0.3) is 32.9 Å². The van der Waals surface area contributed by atoms with Crippen LogP contribution in [0.3, 0.4) is 0 Å². The minimum atomic E-state index is 0.0520. The fraction of sp³-hybridized carbons (Fsp3) is 0.286. The first-order valence-electron chi connectivity index (χ1n) is 9.34. The van der Waals surface area contributed by atoms with Gasteiger partial charge in [-0.15, -0.1) is 0 Å². The van der Waals surface area contributed by atoms with Crippen molar-refractivity contribution >= 4 is 21.8 Å². The number of nitrogens with one attached hydrogen (secondary N) is 1. The maximum atomic E-state index is 13.1. The Kier molecular flexibility index (Phi) is 3.79. The molecule has 0 aliphatic carbocycles. The number of piperidine rings is 1. The van der Waals surface area contributed by atoms with Crippen LogP contribution in [0.5, 0.6) is 0 Å². The van der Waals surface area contributed by atoms with Crippen molar-refractivity contribution < 1.29 is 0 Å². The van der Waals surface area contributed by atoms with Crippen LogP contribution in [0, 0.1) is 0 Å². The molecule has 1 aliphatic rings. The molecule has 136 valence electrons. The van der Waals surface area contributed by atoms with Crippen molar-refractivity contribution in [3.05, 3.63) is 59.3 Å². The Morgan fingerprint density at radius 2 is 1.78 bits per heavy atom. The Morgan fingerprint density at radius 3 is 2.59 bits per heavy atom. The van der Waals surface area contributed by atoms with E-state index in [0.29, 0.717) is 5.39 Å². The molecule has 0 unspecified atom stereocenters. The third-order valence-electron chi connectivity index (χ3n) is 5.44. The molecule has 0 bridgehead atoms. The van der Waals surface area contributed by atoms with E-state index in [2.05, 4.69) is 27.5 Å². The van der Waals surface area contributed by atoms with Gasteiger partial charge in [-0.2, -0.15) is 5.10 Å².